The Morgan fingerprint density at radius 2 is 2.22 bits per heavy atom. The second kappa shape index (κ2) is 6.20. The molecular formula is C12H20ClN3O2. The number of hydrogen-bond donors (Lipinski definition) is 2. The molecule has 6 heteroatoms. The molecule has 0 aliphatic rings. The molecule has 0 aromatic carbocycles. The van der Waals surface area contributed by atoms with Crippen LogP contribution in [-0.2, 0) is 6.54 Å². The van der Waals surface area contributed by atoms with Crippen LogP contribution < -0.4 is 10.9 Å². The smallest absolute Gasteiger partial charge is 0.287 e. The van der Waals surface area contributed by atoms with Crippen molar-refractivity contribution in [2.24, 2.45) is 0 Å². The molecule has 1 aromatic rings. The van der Waals surface area contributed by atoms with Gasteiger partial charge in [0.2, 0.25) is 0 Å². The van der Waals surface area contributed by atoms with Crippen LogP contribution in [0.4, 0.5) is 5.69 Å². The molecule has 0 bridgehead atoms. The highest BCUT2D eigenvalue weighted by molar-refractivity contribution is 6.32. The number of aliphatic hydroxyl groups excluding tert-OH is 1. The van der Waals surface area contributed by atoms with E-state index >= 15 is 0 Å². The maximum absolute atomic E-state index is 11.8. The van der Waals surface area contributed by atoms with Crippen LogP contribution in [0.1, 0.15) is 33.6 Å². The van der Waals surface area contributed by atoms with Gasteiger partial charge in [-0.2, -0.15) is 5.10 Å². The van der Waals surface area contributed by atoms with Crippen molar-refractivity contribution in [3.63, 3.8) is 0 Å². The molecule has 0 aliphatic carbocycles. The summed E-state index contributed by atoms with van der Waals surface area (Å²) in [6.07, 6.45) is 2.94. The quantitative estimate of drug-likeness (QED) is 0.830. The fourth-order valence-electron chi connectivity index (χ4n) is 1.68. The molecule has 102 valence electrons. The van der Waals surface area contributed by atoms with Gasteiger partial charge in [-0.3, -0.25) is 4.79 Å². The number of hydrogen-bond acceptors (Lipinski definition) is 4. The summed E-state index contributed by atoms with van der Waals surface area (Å²) in [4.78, 5) is 11.8. The first kappa shape index (κ1) is 15.0. The highest BCUT2D eigenvalue weighted by atomic mass is 35.5. The maximum atomic E-state index is 11.8. The average molecular weight is 274 g/mol. The van der Waals surface area contributed by atoms with Gasteiger partial charge in [0.15, 0.2) is 0 Å². The normalized spacial score (nSPS) is 14.3. The number of aryl methyl sites for hydroxylation is 1. The second-order valence-corrected chi connectivity index (χ2v) is 4.88. The zero-order chi connectivity index (χ0) is 13.8. The monoisotopic (exact) mass is 273 g/mol. The van der Waals surface area contributed by atoms with E-state index in [1.54, 1.807) is 6.20 Å². The van der Waals surface area contributed by atoms with Crippen LogP contribution >= 0.6 is 11.6 Å². The van der Waals surface area contributed by atoms with E-state index in [0.717, 1.165) is 6.42 Å². The van der Waals surface area contributed by atoms with Crippen LogP contribution in [0, 0.1) is 0 Å². The topological polar surface area (TPSA) is 67.2 Å². The summed E-state index contributed by atoms with van der Waals surface area (Å²) in [6.45, 7) is 6.39. The summed E-state index contributed by atoms with van der Waals surface area (Å²) in [5.74, 6) is 0. The van der Waals surface area contributed by atoms with Crippen LogP contribution in [-0.4, -0.2) is 27.0 Å². The minimum absolute atomic E-state index is 0.0778. The molecule has 0 amide bonds. The van der Waals surface area contributed by atoms with Gasteiger partial charge in [-0.1, -0.05) is 18.5 Å². The Morgan fingerprint density at radius 3 is 2.72 bits per heavy atom. The molecule has 0 aliphatic heterocycles. The van der Waals surface area contributed by atoms with Crippen LogP contribution in [0.25, 0.3) is 0 Å². The summed E-state index contributed by atoms with van der Waals surface area (Å²) in [5.41, 5.74) is -0.0824. The number of anilines is 1. The van der Waals surface area contributed by atoms with Gasteiger partial charge in [-0.15, -0.1) is 0 Å². The van der Waals surface area contributed by atoms with Crippen molar-refractivity contribution in [1.29, 1.82) is 0 Å². The summed E-state index contributed by atoms with van der Waals surface area (Å²) in [5, 5.41) is 16.4. The molecule has 5 nitrogen and oxygen atoms in total. The van der Waals surface area contributed by atoms with Crippen LogP contribution in [0.3, 0.4) is 0 Å². The molecule has 0 spiro atoms. The molecule has 0 saturated heterocycles. The summed E-state index contributed by atoms with van der Waals surface area (Å²) >= 11 is 6.04. The summed E-state index contributed by atoms with van der Waals surface area (Å²) in [6, 6.07) is 0. The molecular weight excluding hydrogens is 254 g/mol. The van der Waals surface area contributed by atoms with Gasteiger partial charge in [-0.05, 0) is 26.7 Å². The van der Waals surface area contributed by atoms with E-state index in [1.165, 1.54) is 4.68 Å². The molecule has 0 fully saturated rings. The first-order chi connectivity index (χ1) is 8.47. The number of nitrogens with one attached hydrogen (secondary N) is 1. The Bertz CT molecular complexity index is 461. The average Bonchev–Trinajstić information content (AvgIpc) is 2.36. The highest BCUT2D eigenvalue weighted by Gasteiger charge is 2.23. The third-order valence-electron chi connectivity index (χ3n) is 3.16. The lowest BCUT2D eigenvalue weighted by atomic mass is 9.94. The van der Waals surface area contributed by atoms with Gasteiger partial charge < -0.3 is 10.4 Å². The van der Waals surface area contributed by atoms with Crippen LogP contribution in [0.5, 0.6) is 0 Å². The van der Waals surface area contributed by atoms with Crippen LogP contribution in [0.15, 0.2) is 11.0 Å². The molecule has 1 unspecified atom stereocenters. The Kier molecular flexibility index (Phi) is 5.16. The van der Waals surface area contributed by atoms with Crippen LogP contribution in [0.2, 0.25) is 5.02 Å². The number of nitrogens with zero attached hydrogens (tertiary/aromatic N) is 2. The fourth-order valence-corrected chi connectivity index (χ4v) is 1.87. The van der Waals surface area contributed by atoms with E-state index in [-0.39, 0.29) is 22.7 Å². The lowest BCUT2D eigenvalue weighted by Gasteiger charge is -2.30. The van der Waals surface area contributed by atoms with Gasteiger partial charge in [0.1, 0.15) is 5.02 Å². The van der Waals surface area contributed by atoms with E-state index < -0.39 is 0 Å². The van der Waals surface area contributed by atoms with Gasteiger partial charge >= 0.3 is 0 Å². The first-order valence-electron chi connectivity index (χ1n) is 6.12. The Hall–Kier alpha value is -1.07. The van der Waals surface area contributed by atoms with Crippen molar-refractivity contribution >= 4 is 17.3 Å². The molecule has 1 aromatic heterocycles. The van der Waals surface area contributed by atoms with Gasteiger partial charge in [-0.25, -0.2) is 4.68 Å². The van der Waals surface area contributed by atoms with E-state index in [0.29, 0.717) is 18.7 Å². The Labute approximate surface area is 112 Å². The highest BCUT2D eigenvalue weighted by Crippen LogP contribution is 2.24. The van der Waals surface area contributed by atoms with Crippen molar-refractivity contribution in [3.05, 3.63) is 21.6 Å². The van der Waals surface area contributed by atoms with Crippen molar-refractivity contribution in [1.82, 2.24) is 9.78 Å². The number of aliphatic hydroxyl groups is 1. The molecule has 2 N–H and O–H groups in total. The lowest BCUT2D eigenvalue weighted by Crippen LogP contribution is -2.36. The zero-order valence-electron chi connectivity index (χ0n) is 11.0. The zero-order valence-corrected chi connectivity index (χ0v) is 11.8. The Morgan fingerprint density at radius 1 is 1.56 bits per heavy atom. The van der Waals surface area contributed by atoms with Crippen molar-refractivity contribution in [3.8, 4) is 0 Å². The van der Waals surface area contributed by atoms with E-state index in [4.69, 9.17) is 16.7 Å². The largest absolute Gasteiger partial charge is 0.396 e. The number of rotatable bonds is 6. The standard InChI is InChI=1S/C12H20ClN3O2/c1-4-12(3,6-7-17)15-9-8-14-16(5-2)11(18)10(9)13/h8,15,17H,4-7H2,1-3H3. The molecule has 1 rings (SSSR count). The predicted molar refractivity (Wildman–Crippen MR) is 73.2 cm³/mol. The minimum Gasteiger partial charge on any atom is -0.396 e. The molecule has 0 saturated carbocycles. The van der Waals surface area contributed by atoms with Crippen molar-refractivity contribution in [2.75, 3.05) is 11.9 Å². The number of halogens is 1. The molecule has 1 atom stereocenters. The fraction of sp³-hybridized carbons (Fsp3) is 0.667. The minimum atomic E-state index is -0.301. The summed E-state index contributed by atoms with van der Waals surface area (Å²) < 4.78 is 1.31. The molecule has 18 heavy (non-hydrogen) atoms. The van der Waals surface area contributed by atoms with E-state index in [2.05, 4.69) is 10.4 Å². The Balaban J connectivity index is 3.05. The first-order valence-corrected chi connectivity index (χ1v) is 6.50. The van der Waals surface area contributed by atoms with E-state index in [9.17, 15) is 4.79 Å². The van der Waals surface area contributed by atoms with Gasteiger partial charge in [0.25, 0.3) is 5.56 Å². The van der Waals surface area contributed by atoms with Crippen molar-refractivity contribution < 1.29 is 5.11 Å². The maximum Gasteiger partial charge on any atom is 0.287 e. The SMILES string of the molecule is CCn1ncc(NC(C)(CC)CCO)c(Cl)c1=O. The second-order valence-electron chi connectivity index (χ2n) is 4.51. The number of aromatic nitrogens is 2. The third kappa shape index (κ3) is 3.23. The summed E-state index contributed by atoms with van der Waals surface area (Å²) in [7, 11) is 0. The van der Waals surface area contributed by atoms with Gasteiger partial charge in [0, 0.05) is 18.7 Å². The van der Waals surface area contributed by atoms with Crippen molar-refractivity contribution in [2.45, 2.75) is 45.7 Å². The molecule has 0 radical (unpaired) electrons. The lowest BCUT2D eigenvalue weighted by molar-refractivity contribution is 0.252. The molecule has 1 heterocycles. The van der Waals surface area contributed by atoms with E-state index in [1.807, 2.05) is 20.8 Å². The third-order valence-corrected chi connectivity index (χ3v) is 3.53. The van der Waals surface area contributed by atoms with Gasteiger partial charge in [0.05, 0.1) is 11.9 Å². The predicted octanol–water partition coefficient (Wildman–Crippen LogP) is 1.88.